The second-order valence-electron chi connectivity index (χ2n) is 6.23. The number of Topliss-reactive ketones (excluding diaryl/α,β-unsaturated/α-hetero) is 1. The van der Waals surface area contributed by atoms with Gasteiger partial charge < -0.3 is 10.6 Å². The van der Waals surface area contributed by atoms with Gasteiger partial charge in [-0.15, -0.1) is 0 Å². The minimum Gasteiger partial charge on any atom is -0.370 e. The molecule has 10 heteroatoms. The van der Waals surface area contributed by atoms with Crippen molar-refractivity contribution < 1.29 is 22.8 Å². The van der Waals surface area contributed by atoms with Gasteiger partial charge in [0.05, 0.1) is 19.0 Å². The Balaban J connectivity index is 1.75. The van der Waals surface area contributed by atoms with Gasteiger partial charge in [0.15, 0.2) is 10.8 Å². The second kappa shape index (κ2) is 7.12. The van der Waals surface area contributed by atoms with Gasteiger partial charge in [0, 0.05) is 19.2 Å². The molecule has 9 nitrogen and oxygen atoms in total. The number of rotatable bonds is 6. The van der Waals surface area contributed by atoms with Gasteiger partial charge in [0.25, 0.3) is 10.0 Å². The van der Waals surface area contributed by atoms with Crippen LogP contribution in [0.5, 0.6) is 0 Å². The molecule has 2 atom stereocenters. The first-order valence-corrected chi connectivity index (χ1v) is 9.64. The van der Waals surface area contributed by atoms with Crippen LogP contribution in [0.3, 0.4) is 0 Å². The van der Waals surface area contributed by atoms with Crippen LogP contribution >= 0.6 is 0 Å². The third kappa shape index (κ3) is 3.34. The van der Waals surface area contributed by atoms with Crippen molar-refractivity contribution in [3.05, 3.63) is 30.8 Å². The number of pyridine rings is 1. The predicted octanol–water partition coefficient (Wildman–Crippen LogP) is -0.906. The van der Waals surface area contributed by atoms with Gasteiger partial charge >= 0.3 is 0 Å². The van der Waals surface area contributed by atoms with Crippen molar-refractivity contribution in [3.8, 4) is 0 Å². The van der Waals surface area contributed by atoms with E-state index in [0.29, 0.717) is 6.42 Å². The lowest BCUT2D eigenvalue weighted by atomic mass is 10.1. The number of hydrogen-bond acceptors (Lipinski definition) is 6. The molecule has 0 spiro atoms. The Morgan fingerprint density at radius 1 is 1.35 bits per heavy atom. The average molecular weight is 379 g/mol. The first-order chi connectivity index (χ1) is 12.3. The maximum atomic E-state index is 12.8. The summed E-state index contributed by atoms with van der Waals surface area (Å²) in [7, 11) is -3.91. The summed E-state index contributed by atoms with van der Waals surface area (Å²) in [6.07, 6.45) is 3.29. The SMILES string of the molecule is NC(=O)CC[CH]C(=O)N1CCC2C1C(=O)CN2S(=O)(=O)c1ccccn1. The van der Waals surface area contributed by atoms with Crippen LogP contribution in [0.25, 0.3) is 0 Å². The largest absolute Gasteiger partial charge is 0.370 e. The molecule has 0 aromatic carbocycles. The lowest BCUT2D eigenvalue weighted by molar-refractivity contribution is -0.133. The van der Waals surface area contributed by atoms with E-state index in [1.165, 1.54) is 23.6 Å². The molecule has 0 aliphatic carbocycles. The van der Waals surface area contributed by atoms with Crippen molar-refractivity contribution in [2.45, 2.75) is 36.4 Å². The van der Waals surface area contributed by atoms with Gasteiger partial charge in [-0.25, -0.2) is 13.4 Å². The molecule has 2 amide bonds. The summed E-state index contributed by atoms with van der Waals surface area (Å²) in [4.78, 5) is 40.8. The molecular formula is C16H19N4O5S. The normalized spacial score (nSPS) is 23.2. The molecule has 3 heterocycles. The van der Waals surface area contributed by atoms with Crippen molar-refractivity contribution >= 4 is 27.6 Å². The molecule has 3 rings (SSSR count). The number of carbonyl (C=O) groups is 3. The fourth-order valence-electron chi connectivity index (χ4n) is 3.42. The summed E-state index contributed by atoms with van der Waals surface area (Å²) in [6, 6.07) is 3.15. The highest BCUT2D eigenvalue weighted by molar-refractivity contribution is 7.89. The van der Waals surface area contributed by atoms with E-state index >= 15 is 0 Å². The molecule has 2 aliphatic heterocycles. The van der Waals surface area contributed by atoms with Crippen molar-refractivity contribution in [1.82, 2.24) is 14.2 Å². The lowest BCUT2D eigenvalue weighted by Crippen LogP contribution is -2.43. The van der Waals surface area contributed by atoms with Crippen molar-refractivity contribution in [2.24, 2.45) is 5.73 Å². The highest BCUT2D eigenvalue weighted by atomic mass is 32.2. The summed E-state index contributed by atoms with van der Waals surface area (Å²) in [5.41, 5.74) is 5.04. The van der Waals surface area contributed by atoms with E-state index in [9.17, 15) is 22.8 Å². The Morgan fingerprint density at radius 2 is 2.12 bits per heavy atom. The fourth-order valence-corrected chi connectivity index (χ4v) is 4.98. The molecule has 2 fully saturated rings. The molecule has 2 unspecified atom stereocenters. The summed E-state index contributed by atoms with van der Waals surface area (Å²) in [5.74, 6) is -1.22. The molecular weight excluding hydrogens is 360 g/mol. The molecule has 0 bridgehead atoms. The van der Waals surface area contributed by atoms with Gasteiger partial charge in [-0.05, 0) is 25.0 Å². The van der Waals surface area contributed by atoms with E-state index in [0.717, 1.165) is 4.31 Å². The summed E-state index contributed by atoms with van der Waals surface area (Å²) < 4.78 is 26.7. The molecule has 139 valence electrons. The Bertz CT molecular complexity index is 826. The lowest BCUT2D eigenvalue weighted by Gasteiger charge is -2.23. The Morgan fingerprint density at radius 3 is 2.77 bits per heavy atom. The molecule has 2 N–H and O–H groups in total. The molecule has 26 heavy (non-hydrogen) atoms. The van der Waals surface area contributed by atoms with Gasteiger partial charge in [0.2, 0.25) is 11.8 Å². The number of carbonyl (C=O) groups excluding carboxylic acids is 3. The highest BCUT2D eigenvalue weighted by Crippen LogP contribution is 2.33. The topological polar surface area (TPSA) is 131 Å². The summed E-state index contributed by atoms with van der Waals surface area (Å²) in [5, 5.41) is -0.119. The number of primary amides is 1. The molecule has 2 saturated heterocycles. The highest BCUT2D eigenvalue weighted by Gasteiger charge is 2.53. The van der Waals surface area contributed by atoms with Crippen molar-refractivity contribution in [1.29, 1.82) is 0 Å². The number of sulfonamides is 1. The minimum absolute atomic E-state index is 0.0435. The Labute approximate surface area is 151 Å². The van der Waals surface area contributed by atoms with Crippen LogP contribution in [-0.4, -0.2) is 65.4 Å². The van der Waals surface area contributed by atoms with Gasteiger partial charge in [-0.1, -0.05) is 6.07 Å². The number of fused-ring (bicyclic) bond motifs is 1. The minimum atomic E-state index is -3.91. The second-order valence-corrected chi connectivity index (χ2v) is 8.06. The van der Waals surface area contributed by atoms with Crippen LogP contribution in [-0.2, 0) is 24.4 Å². The van der Waals surface area contributed by atoms with Gasteiger partial charge in [0.1, 0.15) is 6.04 Å². The monoisotopic (exact) mass is 379 g/mol. The van der Waals surface area contributed by atoms with Crippen LogP contribution in [0, 0.1) is 6.42 Å². The molecule has 2 aliphatic rings. The molecule has 1 aromatic heterocycles. The maximum absolute atomic E-state index is 12.8. The third-order valence-corrected chi connectivity index (χ3v) is 6.37. The first kappa shape index (κ1) is 18.5. The number of likely N-dealkylation sites (tertiary alicyclic amines) is 1. The summed E-state index contributed by atoms with van der Waals surface area (Å²) >= 11 is 0. The predicted molar refractivity (Wildman–Crippen MR) is 89.8 cm³/mol. The number of nitrogens with two attached hydrogens (primary N) is 1. The van der Waals surface area contributed by atoms with Crippen molar-refractivity contribution in [3.63, 3.8) is 0 Å². The number of hydrogen-bond donors (Lipinski definition) is 1. The van der Waals surface area contributed by atoms with E-state index in [2.05, 4.69) is 4.98 Å². The van der Waals surface area contributed by atoms with E-state index in [1.54, 1.807) is 12.1 Å². The third-order valence-electron chi connectivity index (χ3n) is 4.58. The number of nitrogens with zero attached hydrogens (tertiary/aromatic N) is 3. The van der Waals surface area contributed by atoms with E-state index in [1.807, 2.05) is 0 Å². The van der Waals surface area contributed by atoms with E-state index in [-0.39, 0.29) is 42.6 Å². The summed E-state index contributed by atoms with van der Waals surface area (Å²) in [6.45, 7) is 0.000519. The molecule has 1 radical (unpaired) electrons. The van der Waals surface area contributed by atoms with E-state index < -0.39 is 28.0 Å². The zero-order chi connectivity index (χ0) is 18.9. The smallest absolute Gasteiger partial charge is 0.261 e. The van der Waals surface area contributed by atoms with Gasteiger partial charge in [-0.2, -0.15) is 4.31 Å². The van der Waals surface area contributed by atoms with Crippen molar-refractivity contribution in [2.75, 3.05) is 13.1 Å². The Hall–Kier alpha value is -2.33. The number of ketones is 1. The molecule has 0 saturated carbocycles. The zero-order valence-electron chi connectivity index (χ0n) is 13.9. The number of amides is 2. The van der Waals surface area contributed by atoms with Crippen LogP contribution in [0.4, 0.5) is 0 Å². The van der Waals surface area contributed by atoms with Crippen LogP contribution in [0.1, 0.15) is 19.3 Å². The quantitative estimate of drug-likeness (QED) is 0.681. The first-order valence-electron chi connectivity index (χ1n) is 8.20. The van der Waals surface area contributed by atoms with Gasteiger partial charge in [-0.3, -0.25) is 14.4 Å². The fraction of sp³-hybridized carbons (Fsp3) is 0.438. The van der Waals surface area contributed by atoms with Crippen LogP contribution in [0.2, 0.25) is 0 Å². The van der Waals surface area contributed by atoms with Crippen LogP contribution in [0.15, 0.2) is 29.4 Å². The maximum Gasteiger partial charge on any atom is 0.261 e. The van der Waals surface area contributed by atoms with E-state index in [4.69, 9.17) is 5.73 Å². The molecule has 1 aromatic rings. The zero-order valence-corrected chi connectivity index (χ0v) is 14.8. The van der Waals surface area contributed by atoms with Crippen LogP contribution < -0.4 is 5.73 Å². The standard InChI is InChI=1S/C16H19N4O5S/c17-13(22)4-3-6-15(23)19-9-7-11-16(19)12(21)10-20(11)26(24,25)14-5-1-2-8-18-14/h1-2,5-6,8,11,16H,3-4,7,9-10H2,(H2,17,22). The Kier molecular flexibility index (Phi) is 5.05. The number of aromatic nitrogens is 1. The average Bonchev–Trinajstić information content (AvgIpc) is 3.17.